The lowest BCUT2D eigenvalue weighted by atomic mass is 9.82. The highest BCUT2D eigenvalue weighted by Gasteiger charge is 2.16. The van der Waals surface area contributed by atoms with Crippen LogP contribution in [-0.4, -0.2) is 0 Å². The second-order valence-electron chi connectivity index (χ2n) is 9.32. The first-order valence-electron chi connectivity index (χ1n) is 12.1. The molecule has 0 amide bonds. The van der Waals surface area contributed by atoms with Crippen LogP contribution in [0.1, 0.15) is 156 Å². The summed E-state index contributed by atoms with van der Waals surface area (Å²) in [5, 5.41) is 0. The Hall–Kier alpha value is 0. The second kappa shape index (κ2) is 18.8. The van der Waals surface area contributed by atoms with Gasteiger partial charge in [0.1, 0.15) is 0 Å². The van der Waals surface area contributed by atoms with E-state index in [2.05, 4.69) is 27.7 Å². The van der Waals surface area contributed by atoms with Crippen LogP contribution in [0.25, 0.3) is 0 Å². The summed E-state index contributed by atoms with van der Waals surface area (Å²) < 4.78 is 0. The number of hydrogen-bond donors (Lipinski definition) is 0. The van der Waals surface area contributed by atoms with Crippen LogP contribution < -0.4 is 0 Å². The minimum atomic E-state index is 0.587. The van der Waals surface area contributed by atoms with Gasteiger partial charge < -0.3 is 0 Å². The third kappa shape index (κ3) is 20.2. The average molecular weight is 353 g/mol. The van der Waals surface area contributed by atoms with Crippen LogP contribution in [0.2, 0.25) is 0 Å². The summed E-state index contributed by atoms with van der Waals surface area (Å²) in [4.78, 5) is 0. The highest BCUT2D eigenvalue weighted by atomic mass is 14.2. The topological polar surface area (TPSA) is 0 Å². The molecule has 0 spiro atoms. The van der Waals surface area contributed by atoms with Gasteiger partial charge in [-0.15, -0.1) is 0 Å². The van der Waals surface area contributed by atoms with Crippen LogP contribution in [0.3, 0.4) is 0 Å². The van der Waals surface area contributed by atoms with Gasteiger partial charge >= 0.3 is 0 Å². The molecule has 0 N–H and O–H groups in total. The van der Waals surface area contributed by atoms with E-state index in [1.165, 1.54) is 128 Å². The van der Waals surface area contributed by atoms with Crippen molar-refractivity contribution in [1.82, 2.24) is 0 Å². The van der Waals surface area contributed by atoms with Gasteiger partial charge in [-0.25, -0.2) is 0 Å². The molecule has 0 fully saturated rings. The molecule has 0 atom stereocenters. The fourth-order valence-electron chi connectivity index (χ4n) is 3.95. The summed E-state index contributed by atoms with van der Waals surface area (Å²) in [5.74, 6) is 0. The van der Waals surface area contributed by atoms with E-state index in [-0.39, 0.29) is 0 Å². The molecule has 0 unspecified atom stereocenters. The minimum absolute atomic E-state index is 0.587. The van der Waals surface area contributed by atoms with Crippen molar-refractivity contribution in [2.24, 2.45) is 5.41 Å². The molecular formula is C25H52. The van der Waals surface area contributed by atoms with E-state index < -0.39 is 0 Å². The van der Waals surface area contributed by atoms with Crippen LogP contribution in [0.15, 0.2) is 0 Å². The van der Waals surface area contributed by atoms with Crippen LogP contribution in [0.4, 0.5) is 0 Å². The molecule has 0 bridgehead atoms. The molecule has 0 nitrogen and oxygen atoms in total. The van der Waals surface area contributed by atoms with Crippen LogP contribution in [-0.2, 0) is 0 Å². The first-order valence-corrected chi connectivity index (χ1v) is 12.1. The van der Waals surface area contributed by atoms with E-state index in [0.717, 1.165) is 0 Å². The van der Waals surface area contributed by atoms with Crippen LogP contribution in [0.5, 0.6) is 0 Å². The van der Waals surface area contributed by atoms with E-state index in [1.807, 2.05) is 0 Å². The lowest BCUT2D eigenvalue weighted by molar-refractivity contribution is 0.282. The number of hydrogen-bond acceptors (Lipinski definition) is 0. The fourth-order valence-corrected chi connectivity index (χ4v) is 3.95. The maximum atomic E-state index is 2.50. The van der Waals surface area contributed by atoms with E-state index in [4.69, 9.17) is 0 Å². The van der Waals surface area contributed by atoms with Crippen LogP contribution in [0, 0.1) is 5.41 Å². The molecule has 0 aromatic carbocycles. The third-order valence-electron chi connectivity index (χ3n) is 5.91. The Balaban J connectivity index is 3.28. The van der Waals surface area contributed by atoms with Gasteiger partial charge in [-0.3, -0.25) is 0 Å². The SMILES string of the molecule is CCCCCCCCCCCCCCC(C)(C)CCCCCCCC. The molecule has 0 heterocycles. The maximum Gasteiger partial charge on any atom is -0.0354 e. The smallest absolute Gasteiger partial charge is 0.0354 e. The van der Waals surface area contributed by atoms with Gasteiger partial charge in [-0.1, -0.05) is 143 Å². The molecule has 25 heavy (non-hydrogen) atoms. The molecule has 0 aromatic rings. The summed E-state index contributed by atoms with van der Waals surface area (Å²) in [6.07, 6.45) is 29.1. The van der Waals surface area contributed by atoms with E-state index in [1.54, 1.807) is 0 Å². The van der Waals surface area contributed by atoms with Crippen molar-refractivity contribution in [1.29, 1.82) is 0 Å². The zero-order chi connectivity index (χ0) is 18.6. The van der Waals surface area contributed by atoms with Crippen molar-refractivity contribution in [3.8, 4) is 0 Å². The Morgan fingerprint density at radius 3 is 0.880 bits per heavy atom. The van der Waals surface area contributed by atoms with Gasteiger partial charge in [0.25, 0.3) is 0 Å². The molecule has 0 aromatic heterocycles. The summed E-state index contributed by atoms with van der Waals surface area (Å²) >= 11 is 0. The minimum Gasteiger partial charge on any atom is -0.0654 e. The summed E-state index contributed by atoms with van der Waals surface area (Å²) in [7, 11) is 0. The van der Waals surface area contributed by atoms with Crippen molar-refractivity contribution in [2.75, 3.05) is 0 Å². The van der Waals surface area contributed by atoms with Gasteiger partial charge in [0.05, 0.1) is 0 Å². The lowest BCUT2D eigenvalue weighted by Crippen LogP contribution is -2.11. The molecule has 0 aliphatic rings. The Labute approximate surface area is 161 Å². The maximum absolute atomic E-state index is 2.50. The predicted molar refractivity (Wildman–Crippen MR) is 117 cm³/mol. The van der Waals surface area contributed by atoms with Gasteiger partial charge in [0.2, 0.25) is 0 Å². The Morgan fingerprint density at radius 2 is 0.600 bits per heavy atom. The van der Waals surface area contributed by atoms with Gasteiger partial charge in [0.15, 0.2) is 0 Å². The standard InChI is InChI=1S/C25H52/c1-5-7-9-11-13-14-15-16-17-18-20-22-24-25(3,4)23-21-19-12-10-8-6-2/h5-24H2,1-4H3. The van der Waals surface area contributed by atoms with Crippen molar-refractivity contribution >= 4 is 0 Å². The predicted octanol–water partition coefficient (Wildman–Crippen LogP) is 9.85. The summed E-state index contributed by atoms with van der Waals surface area (Å²) in [6.45, 7) is 9.60. The van der Waals surface area contributed by atoms with Gasteiger partial charge in [-0.2, -0.15) is 0 Å². The van der Waals surface area contributed by atoms with Crippen molar-refractivity contribution < 1.29 is 0 Å². The molecule has 0 aliphatic carbocycles. The fraction of sp³-hybridized carbons (Fsp3) is 1.00. The third-order valence-corrected chi connectivity index (χ3v) is 5.91. The second-order valence-corrected chi connectivity index (χ2v) is 9.32. The van der Waals surface area contributed by atoms with E-state index in [0.29, 0.717) is 5.41 Å². The van der Waals surface area contributed by atoms with E-state index >= 15 is 0 Å². The number of rotatable bonds is 20. The average Bonchev–Trinajstić information content (AvgIpc) is 2.59. The summed E-state index contributed by atoms with van der Waals surface area (Å²) in [5.41, 5.74) is 0.587. The first kappa shape index (κ1) is 25.0. The zero-order valence-electron chi connectivity index (χ0n) is 18.6. The molecular weight excluding hydrogens is 300 g/mol. The van der Waals surface area contributed by atoms with Crippen molar-refractivity contribution in [3.63, 3.8) is 0 Å². The normalized spacial score (nSPS) is 12.0. The summed E-state index contributed by atoms with van der Waals surface area (Å²) in [6, 6.07) is 0. The quantitative estimate of drug-likeness (QED) is 0.191. The largest absolute Gasteiger partial charge is 0.0654 e. The highest BCUT2D eigenvalue weighted by molar-refractivity contribution is 4.68. The lowest BCUT2D eigenvalue weighted by Gasteiger charge is -2.24. The molecule has 0 rings (SSSR count). The molecule has 152 valence electrons. The Bertz CT molecular complexity index is 240. The molecule has 0 radical (unpaired) electrons. The van der Waals surface area contributed by atoms with Crippen molar-refractivity contribution in [3.05, 3.63) is 0 Å². The molecule has 0 saturated heterocycles. The highest BCUT2D eigenvalue weighted by Crippen LogP contribution is 2.30. The zero-order valence-corrected chi connectivity index (χ0v) is 18.6. The van der Waals surface area contributed by atoms with Crippen LogP contribution >= 0.6 is 0 Å². The first-order chi connectivity index (χ1) is 12.1. The monoisotopic (exact) mass is 352 g/mol. The van der Waals surface area contributed by atoms with Gasteiger partial charge in [0, 0.05) is 0 Å². The Kier molecular flexibility index (Phi) is 18.8. The Morgan fingerprint density at radius 1 is 0.360 bits per heavy atom. The molecule has 0 saturated carbocycles. The van der Waals surface area contributed by atoms with Crippen molar-refractivity contribution in [2.45, 2.75) is 156 Å². The van der Waals surface area contributed by atoms with E-state index in [9.17, 15) is 0 Å². The molecule has 0 aliphatic heterocycles. The molecule has 0 heteroatoms. The number of unbranched alkanes of at least 4 members (excludes halogenated alkanes) is 16. The van der Waals surface area contributed by atoms with Gasteiger partial charge in [-0.05, 0) is 18.3 Å².